The highest BCUT2D eigenvalue weighted by atomic mass is 16.9. The van der Waals surface area contributed by atoms with Gasteiger partial charge in [0.05, 0.1) is 11.5 Å². The molecule has 150 valence electrons. The third kappa shape index (κ3) is 6.09. The number of benzene rings is 2. The molecule has 2 rings (SSSR count). The quantitative estimate of drug-likeness (QED) is 0.475. The molecule has 0 N–H and O–H groups in total. The Kier molecular flexibility index (Phi) is 7.58. The van der Waals surface area contributed by atoms with Crippen LogP contribution in [0.2, 0.25) is 0 Å². The Morgan fingerprint density at radius 1 is 0.786 bits per heavy atom. The molecule has 6 heteroatoms. The van der Waals surface area contributed by atoms with E-state index < -0.39 is 18.4 Å². The second-order valence-electron chi connectivity index (χ2n) is 6.87. The molecule has 0 aromatic heterocycles. The van der Waals surface area contributed by atoms with E-state index in [1.807, 2.05) is 24.3 Å². The summed E-state index contributed by atoms with van der Waals surface area (Å²) in [5.41, 5.74) is 1.52. The molecule has 0 aliphatic carbocycles. The molecule has 0 radical (unpaired) electrons. The molecule has 2 aromatic rings. The second kappa shape index (κ2) is 9.90. The van der Waals surface area contributed by atoms with Crippen molar-refractivity contribution in [2.24, 2.45) is 5.92 Å². The van der Waals surface area contributed by atoms with Crippen LogP contribution < -0.4 is 4.74 Å². The Morgan fingerprint density at radius 2 is 1.32 bits per heavy atom. The first-order valence-electron chi connectivity index (χ1n) is 9.12. The molecule has 0 saturated heterocycles. The van der Waals surface area contributed by atoms with E-state index in [1.165, 1.54) is 12.7 Å². The van der Waals surface area contributed by atoms with Gasteiger partial charge in [0.15, 0.2) is 0 Å². The SMILES string of the molecule is COC(OC(=O)c1ccc(Oc2ccc(C(C)C)cc2)cc1)OC(=O)C(C)C. The van der Waals surface area contributed by atoms with Crippen LogP contribution in [0.1, 0.15) is 49.5 Å². The van der Waals surface area contributed by atoms with Crippen molar-refractivity contribution in [2.45, 2.75) is 40.1 Å². The maximum atomic E-state index is 12.2. The van der Waals surface area contributed by atoms with Gasteiger partial charge in [-0.1, -0.05) is 39.8 Å². The van der Waals surface area contributed by atoms with Crippen LogP contribution in [0.15, 0.2) is 48.5 Å². The Morgan fingerprint density at radius 3 is 1.79 bits per heavy atom. The van der Waals surface area contributed by atoms with E-state index in [2.05, 4.69) is 13.8 Å². The average molecular weight is 386 g/mol. The van der Waals surface area contributed by atoms with Gasteiger partial charge in [-0.15, -0.1) is 0 Å². The molecular formula is C22H26O6. The second-order valence-corrected chi connectivity index (χ2v) is 6.87. The van der Waals surface area contributed by atoms with E-state index in [4.69, 9.17) is 18.9 Å². The van der Waals surface area contributed by atoms with Crippen molar-refractivity contribution in [2.75, 3.05) is 7.11 Å². The fourth-order valence-corrected chi connectivity index (χ4v) is 2.22. The Balaban J connectivity index is 1.97. The van der Waals surface area contributed by atoms with E-state index in [-0.39, 0.29) is 11.5 Å². The van der Waals surface area contributed by atoms with Crippen molar-refractivity contribution in [3.05, 3.63) is 59.7 Å². The van der Waals surface area contributed by atoms with Crippen molar-refractivity contribution in [1.82, 2.24) is 0 Å². The van der Waals surface area contributed by atoms with Gasteiger partial charge >= 0.3 is 18.4 Å². The molecule has 1 unspecified atom stereocenters. The van der Waals surface area contributed by atoms with Crippen molar-refractivity contribution in [1.29, 1.82) is 0 Å². The van der Waals surface area contributed by atoms with E-state index >= 15 is 0 Å². The molecular weight excluding hydrogens is 360 g/mol. The Hall–Kier alpha value is -2.86. The number of methoxy groups -OCH3 is 1. The lowest BCUT2D eigenvalue weighted by atomic mass is 10.0. The third-order valence-electron chi connectivity index (χ3n) is 3.95. The minimum atomic E-state index is -1.39. The molecule has 28 heavy (non-hydrogen) atoms. The summed E-state index contributed by atoms with van der Waals surface area (Å²) in [7, 11) is 1.28. The standard InChI is InChI=1S/C22H26O6/c1-14(2)16-6-10-18(11-7-16)26-19-12-8-17(9-13-19)21(24)28-22(25-5)27-20(23)15(3)4/h6-15,22H,1-5H3. The fraction of sp³-hybridized carbons (Fsp3) is 0.364. The molecule has 0 saturated carbocycles. The van der Waals surface area contributed by atoms with Gasteiger partial charge in [0.25, 0.3) is 0 Å². The summed E-state index contributed by atoms with van der Waals surface area (Å²) in [5.74, 6) is 0.198. The average Bonchev–Trinajstić information content (AvgIpc) is 2.68. The number of rotatable bonds is 8. The van der Waals surface area contributed by atoms with Crippen LogP contribution in [0.3, 0.4) is 0 Å². The van der Waals surface area contributed by atoms with Crippen LogP contribution in [0.4, 0.5) is 0 Å². The number of ether oxygens (including phenoxy) is 4. The van der Waals surface area contributed by atoms with E-state index in [1.54, 1.807) is 38.1 Å². The molecule has 0 spiro atoms. The van der Waals surface area contributed by atoms with Gasteiger partial charge in [-0.05, 0) is 47.9 Å². The Labute approximate surface area is 165 Å². The summed E-state index contributed by atoms with van der Waals surface area (Å²) in [5, 5.41) is 0. The lowest BCUT2D eigenvalue weighted by Crippen LogP contribution is -2.28. The van der Waals surface area contributed by atoms with Crippen LogP contribution in [0, 0.1) is 5.92 Å². The molecule has 2 aromatic carbocycles. The number of hydrogen-bond donors (Lipinski definition) is 0. The number of esters is 2. The van der Waals surface area contributed by atoms with Crippen LogP contribution in [0.25, 0.3) is 0 Å². The molecule has 1 atom stereocenters. The highest BCUT2D eigenvalue weighted by molar-refractivity contribution is 5.89. The predicted molar refractivity (Wildman–Crippen MR) is 104 cm³/mol. The fourth-order valence-electron chi connectivity index (χ4n) is 2.22. The van der Waals surface area contributed by atoms with Crippen molar-refractivity contribution in [3.63, 3.8) is 0 Å². The zero-order valence-corrected chi connectivity index (χ0v) is 16.8. The molecule has 0 bridgehead atoms. The zero-order valence-electron chi connectivity index (χ0n) is 16.8. The lowest BCUT2D eigenvalue weighted by molar-refractivity contribution is -0.244. The van der Waals surface area contributed by atoms with Gasteiger partial charge in [-0.2, -0.15) is 0 Å². The van der Waals surface area contributed by atoms with Gasteiger partial charge < -0.3 is 18.9 Å². The first-order chi connectivity index (χ1) is 13.3. The topological polar surface area (TPSA) is 71.1 Å². The molecule has 6 nitrogen and oxygen atoms in total. The minimum Gasteiger partial charge on any atom is -0.457 e. The number of carbonyl (C=O) groups excluding carboxylic acids is 2. The van der Waals surface area contributed by atoms with Crippen molar-refractivity contribution < 1.29 is 28.5 Å². The van der Waals surface area contributed by atoms with E-state index in [0.717, 1.165) is 0 Å². The molecule has 0 amide bonds. The maximum absolute atomic E-state index is 12.2. The summed E-state index contributed by atoms with van der Waals surface area (Å²) in [6, 6.07) is 14.3. The summed E-state index contributed by atoms with van der Waals surface area (Å²) in [6.07, 6.45) is 0. The van der Waals surface area contributed by atoms with Gasteiger partial charge in [-0.3, -0.25) is 4.79 Å². The number of hydrogen-bond acceptors (Lipinski definition) is 6. The van der Waals surface area contributed by atoms with Crippen LogP contribution >= 0.6 is 0 Å². The smallest absolute Gasteiger partial charge is 0.365 e. The molecule has 0 aliphatic rings. The molecule has 0 aliphatic heterocycles. The predicted octanol–water partition coefficient (Wildman–Crippen LogP) is 4.89. The van der Waals surface area contributed by atoms with E-state index in [9.17, 15) is 9.59 Å². The lowest BCUT2D eigenvalue weighted by Gasteiger charge is -2.17. The summed E-state index contributed by atoms with van der Waals surface area (Å²) >= 11 is 0. The van der Waals surface area contributed by atoms with Crippen molar-refractivity contribution in [3.8, 4) is 11.5 Å². The van der Waals surface area contributed by atoms with Gasteiger partial charge in [0.1, 0.15) is 11.5 Å². The van der Waals surface area contributed by atoms with Crippen molar-refractivity contribution >= 4 is 11.9 Å². The summed E-state index contributed by atoms with van der Waals surface area (Å²) in [6.45, 7) is 6.22. The van der Waals surface area contributed by atoms with E-state index in [0.29, 0.717) is 17.4 Å². The summed E-state index contributed by atoms with van der Waals surface area (Å²) in [4.78, 5) is 23.8. The first kappa shape index (κ1) is 21.4. The largest absolute Gasteiger partial charge is 0.457 e. The van der Waals surface area contributed by atoms with Gasteiger partial charge in [0.2, 0.25) is 0 Å². The molecule has 0 fully saturated rings. The van der Waals surface area contributed by atoms with Crippen LogP contribution in [-0.4, -0.2) is 25.5 Å². The highest BCUT2D eigenvalue weighted by Gasteiger charge is 2.21. The summed E-state index contributed by atoms with van der Waals surface area (Å²) < 4.78 is 20.7. The van der Waals surface area contributed by atoms with Crippen LogP contribution in [-0.2, 0) is 19.0 Å². The number of carbonyl (C=O) groups is 2. The van der Waals surface area contributed by atoms with Gasteiger partial charge in [0, 0.05) is 7.11 Å². The normalized spacial score (nSPS) is 12.0. The zero-order chi connectivity index (χ0) is 20.7. The minimum absolute atomic E-state index is 0.283. The third-order valence-corrected chi connectivity index (χ3v) is 3.95. The first-order valence-corrected chi connectivity index (χ1v) is 9.12. The highest BCUT2D eigenvalue weighted by Crippen LogP contribution is 2.24. The maximum Gasteiger partial charge on any atom is 0.365 e. The monoisotopic (exact) mass is 386 g/mol. The van der Waals surface area contributed by atoms with Gasteiger partial charge in [-0.25, -0.2) is 4.79 Å². The van der Waals surface area contributed by atoms with Crippen LogP contribution in [0.5, 0.6) is 11.5 Å². The Bertz CT molecular complexity index is 778. The molecule has 0 heterocycles.